The molecule has 2 heterocycles. The second kappa shape index (κ2) is 11.6. The van der Waals surface area contributed by atoms with Crippen LogP contribution in [-0.2, 0) is 19.2 Å². The van der Waals surface area contributed by atoms with Crippen LogP contribution in [-0.4, -0.2) is 61.8 Å². The molecule has 52 heavy (non-hydrogen) atoms. The van der Waals surface area contributed by atoms with E-state index in [0.717, 1.165) is 24.3 Å². The summed E-state index contributed by atoms with van der Waals surface area (Å²) >= 11 is 14.2. The van der Waals surface area contributed by atoms with Gasteiger partial charge in [0.15, 0.2) is 44.5 Å². The zero-order chi connectivity index (χ0) is 37.9. The molecule has 1 saturated carbocycles. The number of aromatic carboxylic acids is 1. The minimum absolute atomic E-state index is 0.00676. The van der Waals surface area contributed by atoms with Gasteiger partial charge >= 0.3 is 5.97 Å². The molecule has 2 aliphatic heterocycles. The highest BCUT2D eigenvalue weighted by atomic mass is 35.5. The first-order chi connectivity index (χ1) is 24.4. The van der Waals surface area contributed by atoms with Crippen LogP contribution in [0.2, 0.25) is 0 Å². The van der Waals surface area contributed by atoms with E-state index < -0.39 is 121 Å². The number of carbonyl (C=O) groups is 5. The number of methoxy groups -OCH3 is 1. The lowest BCUT2D eigenvalue weighted by Gasteiger charge is -2.50. The molecule has 3 aromatic carbocycles. The van der Waals surface area contributed by atoms with Crippen molar-refractivity contribution in [3.8, 4) is 17.2 Å². The summed E-state index contributed by atoms with van der Waals surface area (Å²) in [6, 6.07) is 6.56. The number of carboxylic acid groups (broad SMARTS) is 1. The fourth-order valence-electron chi connectivity index (χ4n) is 7.91. The Morgan fingerprint density at radius 1 is 0.827 bits per heavy atom. The lowest BCUT2D eigenvalue weighted by atomic mass is 9.56. The van der Waals surface area contributed by atoms with E-state index in [1.165, 1.54) is 25.3 Å². The number of hydrogen-bond acceptors (Lipinski definition) is 8. The number of alkyl halides is 2. The molecule has 3 N–H and O–H groups in total. The van der Waals surface area contributed by atoms with E-state index in [2.05, 4.69) is 0 Å². The smallest absolute Gasteiger partial charge is 0.339 e. The lowest BCUT2D eigenvalue weighted by Crippen LogP contribution is -2.60. The molecule has 0 aromatic heterocycles. The lowest BCUT2D eigenvalue weighted by molar-refractivity contribution is -0.125. The summed E-state index contributed by atoms with van der Waals surface area (Å²) in [5.74, 6) is -25.7. The molecular weight excluding hydrogens is 746 g/mol. The van der Waals surface area contributed by atoms with Gasteiger partial charge < -0.3 is 20.1 Å². The molecule has 4 amide bonds. The van der Waals surface area contributed by atoms with Crippen molar-refractivity contribution >= 4 is 64.2 Å². The maximum Gasteiger partial charge on any atom is 0.339 e. The van der Waals surface area contributed by atoms with Crippen molar-refractivity contribution in [1.82, 2.24) is 0 Å². The fraction of sp³-hybridized carbons (Fsp3) is 0.265. The number of halogens is 7. The van der Waals surface area contributed by atoms with Crippen molar-refractivity contribution in [2.24, 2.45) is 17.8 Å². The van der Waals surface area contributed by atoms with Crippen LogP contribution >= 0.6 is 23.2 Å². The van der Waals surface area contributed by atoms with Crippen LogP contribution in [0.3, 0.4) is 0 Å². The quantitative estimate of drug-likeness (QED) is 0.0785. The zero-order valence-corrected chi connectivity index (χ0v) is 27.6. The predicted octanol–water partition coefficient (Wildman–Crippen LogP) is 5.27. The first kappa shape index (κ1) is 35.2. The third kappa shape index (κ3) is 4.39. The minimum atomic E-state index is -2.78. The number of carbonyl (C=O) groups excluding carboxylic acids is 4. The van der Waals surface area contributed by atoms with Crippen molar-refractivity contribution < 1.29 is 66.0 Å². The first-order valence-corrected chi connectivity index (χ1v) is 16.0. The summed E-state index contributed by atoms with van der Waals surface area (Å²) in [4.78, 5) is 62.9. The maximum atomic E-state index is 15.2. The number of ether oxygens (including phenoxy) is 1. The molecule has 3 fully saturated rings. The Morgan fingerprint density at radius 3 is 2.06 bits per heavy atom. The van der Waals surface area contributed by atoms with Crippen LogP contribution in [0.1, 0.15) is 34.7 Å². The number of rotatable bonds is 5. The number of carboxylic acids is 1. The number of phenols is 2. The summed E-state index contributed by atoms with van der Waals surface area (Å²) in [7, 11) is 1.18. The van der Waals surface area contributed by atoms with Crippen LogP contribution in [0.25, 0.3) is 0 Å². The number of amides is 4. The van der Waals surface area contributed by atoms with E-state index in [1.807, 2.05) is 0 Å². The summed E-state index contributed by atoms with van der Waals surface area (Å²) in [5, 5.41) is 29.9. The minimum Gasteiger partial charge on any atom is -0.507 e. The SMILES string of the molecule is COc1cc([C@H]2C3=CC[C@@H]4C(=O)N(c5ccc(C(=O)O)c(O)c5)C(=O)[C@@H]4[C@@H]3C[C@@]3(Cl)C(=O)N(c4c(F)c(F)c(F)c(F)c4F)C(=O)[C@@]23Cl)ccc1O. The molecule has 3 aromatic rings. The number of nitrogens with zero attached hydrogens (tertiary/aromatic N) is 2. The van der Waals surface area contributed by atoms with Crippen molar-refractivity contribution in [2.75, 3.05) is 16.9 Å². The summed E-state index contributed by atoms with van der Waals surface area (Å²) < 4.78 is 78.5. The molecule has 7 rings (SSSR count). The third-order valence-corrected chi connectivity index (χ3v) is 11.6. The van der Waals surface area contributed by atoms with Crippen molar-refractivity contribution in [3.63, 3.8) is 0 Å². The molecule has 11 nitrogen and oxygen atoms in total. The largest absolute Gasteiger partial charge is 0.507 e. The van der Waals surface area contributed by atoms with Gasteiger partial charge in [-0.05, 0) is 48.6 Å². The number of aromatic hydroxyl groups is 2. The Hall–Kier alpha value is -5.22. The summed E-state index contributed by atoms with van der Waals surface area (Å²) in [6.45, 7) is 0. The maximum absolute atomic E-state index is 15.2. The van der Waals surface area contributed by atoms with Crippen LogP contribution < -0.4 is 14.5 Å². The van der Waals surface area contributed by atoms with E-state index in [9.17, 15) is 52.5 Å². The van der Waals surface area contributed by atoms with Gasteiger partial charge in [0.1, 0.15) is 17.0 Å². The fourth-order valence-corrected chi connectivity index (χ4v) is 8.84. The van der Waals surface area contributed by atoms with Crippen molar-refractivity contribution in [3.05, 3.63) is 88.3 Å². The van der Waals surface area contributed by atoms with Gasteiger partial charge in [-0.25, -0.2) is 36.5 Å². The molecular formula is C34H21Cl2F5N2O9. The van der Waals surface area contributed by atoms with Crippen LogP contribution in [0.15, 0.2) is 48.0 Å². The van der Waals surface area contributed by atoms with Gasteiger partial charge in [-0.15, -0.1) is 23.2 Å². The van der Waals surface area contributed by atoms with E-state index in [1.54, 1.807) is 0 Å². The molecule has 0 spiro atoms. The molecule has 2 aliphatic carbocycles. The number of hydrogen-bond donors (Lipinski definition) is 3. The number of anilines is 2. The zero-order valence-electron chi connectivity index (χ0n) is 26.1. The van der Waals surface area contributed by atoms with Gasteiger partial charge in [-0.2, -0.15) is 0 Å². The second-order valence-corrected chi connectivity index (χ2v) is 13.9. The number of phenolic OH excluding ortho intramolecular Hbond substituents is 1. The van der Waals surface area contributed by atoms with Gasteiger partial charge in [0.25, 0.3) is 11.8 Å². The van der Waals surface area contributed by atoms with Gasteiger partial charge in [0, 0.05) is 12.0 Å². The van der Waals surface area contributed by atoms with E-state index in [4.69, 9.17) is 27.9 Å². The van der Waals surface area contributed by atoms with Crippen LogP contribution in [0.4, 0.5) is 33.3 Å². The molecule has 4 aliphatic rings. The second-order valence-electron chi connectivity index (χ2n) is 12.6. The molecule has 0 bridgehead atoms. The molecule has 0 radical (unpaired) electrons. The van der Waals surface area contributed by atoms with E-state index >= 15 is 8.78 Å². The Balaban J connectivity index is 1.42. The molecule has 2 saturated heterocycles. The van der Waals surface area contributed by atoms with E-state index in [0.29, 0.717) is 4.90 Å². The van der Waals surface area contributed by atoms with E-state index in [-0.39, 0.29) is 33.9 Å². The topological polar surface area (TPSA) is 162 Å². The summed E-state index contributed by atoms with van der Waals surface area (Å²) in [5.41, 5.74) is -2.49. The Kier molecular flexibility index (Phi) is 7.88. The van der Waals surface area contributed by atoms with Gasteiger partial charge in [-0.1, -0.05) is 17.7 Å². The number of allylic oxidation sites excluding steroid dienone is 2. The van der Waals surface area contributed by atoms with Crippen LogP contribution in [0, 0.1) is 46.8 Å². The molecule has 6 atom stereocenters. The highest BCUT2D eigenvalue weighted by molar-refractivity contribution is 6.58. The van der Waals surface area contributed by atoms with Crippen molar-refractivity contribution in [2.45, 2.75) is 28.5 Å². The average Bonchev–Trinajstić information content (AvgIpc) is 3.44. The van der Waals surface area contributed by atoms with Crippen molar-refractivity contribution in [1.29, 1.82) is 0 Å². The summed E-state index contributed by atoms with van der Waals surface area (Å²) in [6.07, 6.45) is 0.534. The molecule has 0 unspecified atom stereocenters. The Labute approximate surface area is 298 Å². The van der Waals surface area contributed by atoms with Gasteiger partial charge in [0.05, 0.1) is 24.6 Å². The normalized spacial score (nSPS) is 28.1. The van der Waals surface area contributed by atoms with Crippen LogP contribution in [0.5, 0.6) is 17.2 Å². The number of benzene rings is 3. The van der Waals surface area contributed by atoms with Gasteiger partial charge in [0.2, 0.25) is 17.6 Å². The number of imide groups is 2. The molecule has 270 valence electrons. The Bertz CT molecular complexity index is 2210. The Morgan fingerprint density at radius 2 is 1.46 bits per heavy atom. The average molecular weight is 767 g/mol. The monoisotopic (exact) mass is 766 g/mol. The highest BCUT2D eigenvalue weighted by Gasteiger charge is 2.77. The molecule has 18 heteroatoms. The van der Waals surface area contributed by atoms with Gasteiger partial charge in [-0.3, -0.25) is 19.2 Å². The standard InChI is InChI=1S/C34H21Cl2F5N2O9/c1-52-19-8-11(2-7-17(19)44)21-13-5-6-15-20(29(47)42(28(15)46)12-3-4-14(30(48)49)18(45)9-12)16(13)10-33(35)31(50)43(32(51)34(21,33)36)27-25(40)23(38)22(37)24(39)26(27)41/h2-5,7-9,15-16,20-21,44-45H,6,10H2,1H3,(H,48,49)/t15-,16+,20-,21-,33+,34-/m0/s1. The first-order valence-electron chi connectivity index (χ1n) is 15.2. The number of fused-ring (bicyclic) bond motifs is 4. The predicted molar refractivity (Wildman–Crippen MR) is 169 cm³/mol. The highest BCUT2D eigenvalue weighted by Crippen LogP contribution is 2.66. The third-order valence-electron chi connectivity index (χ3n) is 10.2.